The number of piperidine rings is 1. The lowest BCUT2D eigenvalue weighted by Gasteiger charge is -2.37. The maximum absolute atomic E-state index is 11.3. The highest BCUT2D eigenvalue weighted by Gasteiger charge is 2.30. The molecule has 0 radical (unpaired) electrons. The molecule has 1 N–H and O–H groups in total. The van der Waals surface area contributed by atoms with E-state index in [0.29, 0.717) is 36.0 Å². The summed E-state index contributed by atoms with van der Waals surface area (Å²) in [5.74, 6) is -0.987. The van der Waals surface area contributed by atoms with Crippen molar-refractivity contribution in [2.45, 2.75) is 18.9 Å². The highest BCUT2D eigenvalue weighted by molar-refractivity contribution is 6.42. The van der Waals surface area contributed by atoms with E-state index in [0.717, 1.165) is 22.0 Å². The number of aliphatic carboxylic acids is 1. The first kappa shape index (κ1) is 19.2. The van der Waals surface area contributed by atoms with Gasteiger partial charge in [-0.25, -0.2) is 0 Å². The summed E-state index contributed by atoms with van der Waals surface area (Å²) in [6.45, 7) is 1.41. The molecule has 0 aliphatic carbocycles. The molecule has 0 saturated carbocycles. The van der Waals surface area contributed by atoms with Gasteiger partial charge in [0.05, 0.1) is 27.5 Å². The maximum atomic E-state index is 11.3. The molecule has 4 nitrogen and oxygen atoms in total. The molecule has 0 spiro atoms. The normalized spacial score (nSPS) is 16.9. The Morgan fingerprint density at radius 2 is 1.79 bits per heavy atom. The minimum Gasteiger partial charge on any atom is -0.481 e. The number of fused-ring (bicyclic) bond motifs is 1. The van der Waals surface area contributed by atoms with Crippen LogP contribution >= 0.6 is 23.2 Å². The molecule has 0 amide bonds. The molecule has 0 bridgehead atoms. The third-order valence-electron chi connectivity index (χ3n) is 5.43. The molecule has 1 aromatic heterocycles. The van der Waals surface area contributed by atoms with Crippen LogP contribution in [0.2, 0.25) is 10.0 Å². The molecule has 3 aromatic rings. The molecule has 4 rings (SSSR count). The van der Waals surface area contributed by atoms with Gasteiger partial charge in [-0.05, 0) is 61.3 Å². The fourth-order valence-corrected chi connectivity index (χ4v) is 4.25. The molecule has 2 aromatic carbocycles. The van der Waals surface area contributed by atoms with E-state index in [9.17, 15) is 9.90 Å². The number of likely N-dealkylation sites (tertiary alicyclic amines) is 1. The number of carbonyl (C=O) groups is 1. The van der Waals surface area contributed by atoms with Crippen LogP contribution in [-0.2, 0) is 4.79 Å². The number of carboxylic acid groups (broad SMARTS) is 1. The van der Waals surface area contributed by atoms with E-state index in [4.69, 9.17) is 23.2 Å². The summed E-state index contributed by atoms with van der Waals surface area (Å²) >= 11 is 12.4. The molecule has 1 aliphatic rings. The molecule has 1 atom stereocenters. The number of benzene rings is 2. The zero-order valence-electron chi connectivity index (χ0n) is 15.2. The minimum atomic E-state index is -0.710. The number of para-hydroxylation sites is 1. The number of halogens is 2. The Bertz CT molecular complexity index is 1020. The highest BCUT2D eigenvalue weighted by Crippen LogP contribution is 2.36. The summed E-state index contributed by atoms with van der Waals surface area (Å²) in [7, 11) is 0. The molecule has 6 heteroatoms. The number of carboxylic acids is 1. The standard InChI is InChI=1S/C22H20Cl2N2O2/c23-18-6-5-16(12-19(18)24)21(26-9-7-14(8-10-26)22(27)28)17-11-15-3-1-2-4-20(15)25-13-17/h1-6,11-14,21H,7-10H2,(H,27,28). The van der Waals surface area contributed by atoms with Crippen LogP contribution in [0.15, 0.2) is 54.7 Å². The van der Waals surface area contributed by atoms with E-state index in [-0.39, 0.29) is 12.0 Å². The van der Waals surface area contributed by atoms with Gasteiger partial charge >= 0.3 is 5.97 Å². The van der Waals surface area contributed by atoms with Gasteiger partial charge in [-0.2, -0.15) is 0 Å². The molecular formula is C22H20Cl2N2O2. The van der Waals surface area contributed by atoms with E-state index < -0.39 is 5.97 Å². The number of rotatable bonds is 4. The van der Waals surface area contributed by atoms with Crippen LogP contribution in [0.5, 0.6) is 0 Å². The average molecular weight is 415 g/mol. The van der Waals surface area contributed by atoms with Gasteiger partial charge in [0.1, 0.15) is 0 Å². The van der Waals surface area contributed by atoms with Crippen molar-refractivity contribution in [2.75, 3.05) is 13.1 Å². The SMILES string of the molecule is O=C(O)C1CCN(C(c2ccc(Cl)c(Cl)c2)c2cnc3ccccc3c2)CC1. The molecule has 1 aliphatic heterocycles. The monoisotopic (exact) mass is 414 g/mol. The van der Waals surface area contributed by atoms with Crippen molar-refractivity contribution in [3.8, 4) is 0 Å². The second kappa shape index (κ2) is 8.08. The summed E-state index contributed by atoms with van der Waals surface area (Å²) in [5.41, 5.74) is 3.04. The number of hydrogen-bond donors (Lipinski definition) is 1. The zero-order valence-corrected chi connectivity index (χ0v) is 16.7. The Kier molecular flexibility index (Phi) is 5.54. The van der Waals surface area contributed by atoms with E-state index in [1.54, 1.807) is 0 Å². The fourth-order valence-electron chi connectivity index (χ4n) is 3.94. The smallest absolute Gasteiger partial charge is 0.306 e. The van der Waals surface area contributed by atoms with Crippen LogP contribution in [0.1, 0.15) is 30.0 Å². The Balaban J connectivity index is 1.74. The first-order chi connectivity index (χ1) is 13.5. The second-order valence-electron chi connectivity index (χ2n) is 7.19. The van der Waals surface area contributed by atoms with Crippen LogP contribution in [0.4, 0.5) is 0 Å². The van der Waals surface area contributed by atoms with Gasteiger partial charge in [-0.15, -0.1) is 0 Å². The first-order valence-electron chi connectivity index (χ1n) is 9.29. The van der Waals surface area contributed by atoms with E-state index in [2.05, 4.69) is 16.0 Å². The minimum absolute atomic E-state index is 0.0541. The summed E-state index contributed by atoms with van der Waals surface area (Å²) < 4.78 is 0. The Labute approximate surface area is 173 Å². The second-order valence-corrected chi connectivity index (χ2v) is 8.00. The van der Waals surface area contributed by atoms with Crippen LogP contribution in [0, 0.1) is 5.92 Å². The predicted molar refractivity (Wildman–Crippen MR) is 112 cm³/mol. The van der Waals surface area contributed by atoms with Crippen molar-refractivity contribution in [3.63, 3.8) is 0 Å². The quantitative estimate of drug-likeness (QED) is 0.618. The molecule has 144 valence electrons. The van der Waals surface area contributed by atoms with Crippen LogP contribution in [-0.4, -0.2) is 34.0 Å². The van der Waals surface area contributed by atoms with Crippen molar-refractivity contribution in [1.29, 1.82) is 0 Å². The molecule has 1 saturated heterocycles. The van der Waals surface area contributed by atoms with Gasteiger partial charge in [0.25, 0.3) is 0 Å². The Morgan fingerprint density at radius 1 is 1.04 bits per heavy atom. The Morgan fingerprint density at radius 3 is 2.50 bits per heavy atom. The molecule has 28 heavy (non-hydrogen) atoms. The summed E-state index contributed by atoms with van der Waals surface area (Å²) in [6, 6.07) is 15.8. The van der Waals surface area contributed by atoms with Gasteiger partial charge in [0.2, 0.25) is 0 Å². The van der Waals surface area contributed by atoms with Crippen LogP contribution < -0.4 is 0 Å². The van der Waals surface area contributed by atoms with Crippen molar-refractivity contribution >= 4 is 40.1 Å². The van der Waals surface area contributed by atoms with Gasteiger partial charge < -0.3 is 5.11 Å². The van der Waals surface area contributed by atoms with E-state index in [1.165, 1.54) is 0 Å². The van der Waals surface area contributed by atoms with Gasteiger partial charge in [0, 0.05) is 11.6 Å². The lowest BCUT2D eigenvalue weighted by molar-refractivity contribution is -0.143. The maximum Gasteiger partial charge on any atom is 0.306 e. The fraction of sp³-hybridized carbons (Fsp3) is 0.273. The molecular weight excluding hydrogens is 395 g/mol. The third kappa shape index (κ3) is 3.86. The van der Waals surface area contributed by atoms with Crippen LogP contribution in [0.25, 0.3) is 10.9 Å². The van der Waals surface area contributed by atoms with Crippen molar-refractivity contribution in [2.24, 2.45) is 5.92 Å². The predicted octanol–water partition coefficient (Wildman–Crippen LogP) is 5.43. The van der Waals surface area contributed by atoms with Crippen molar-refractivity contribution in [3.05, 3.63) is 75.9 Å². The van der Waals surface area contributed by atoms with Gasteiger partial charge in [0.15, 0.2) is 0 Å². The van der Waals surface area contributed by atoms with Gasteiger partial charge in [-0.3, -0.25) is 14.7 Å². The summed E-state index contributed by atoms with van der Waals surface area (Å²) in [4.78, 5) is 18.3. The summed E-state index contributed by atoms with van der Waals surface area (Å²) in [6.07, 6.45) is 3.17. The number of aromatic nitrogens is 1. The number of pyridine rings is 1. The molecule has 2 heterocycles. The zero-order chi connectivity index (χ0) is 19.7. The van der Waals surface area contributed by atoms with Crippen molar-refractivity contribution in [1.82, 2.24) is 9.88 Å². The van der Waals surface area contributed by atoms with E-state index in [1.807, 2.05) is 48.7 Å². The van der Waals surface area contributed by atoms with Crippen molar-refractivity contribution < 1.29 is 9.90 Å². The molecule has 1 unspecified atom stereocenters. The lowest BCUT2D eigenvalue weighted by Crippen LogP contribution is -2.39. The number of nitrogens with zero attached hydrogens (tertiary/aromatic N) is 2. The summed E-state index contributed by atoms with van der Waals surface area (Å²) in [5, 5.41) is 11.4. The Hall–Kier alpha value is -2.14. The highest BCUT2D eigenvalue weighted by atomic mass is 35.5. The topological polar surface area (TPSA) is 53.4 Å². The third-order valence-corrected chi connectivity index (χ3v) is 6.17. The average Bonchev–Trinajstić information content (AvgIpc) is 2.71. The van der Waals surface area contributed by atoms with Gasteiger partial charge in [-0.1, -0.05) is 47.5 Å². The van der Waals surface area contributed by atoms with E-state index >= 15 is 0 Å². The number of hydrogen-bond acceptors (Lipinski definition) is 3. The van der Waals surface area contributed by atoms with Crippen LogP contribution in [0.3, 0.4) is 0 Å². The lowest BCUT2D eigenvalue weighted by atomic mass is 9.91. The molecule has 1 fully saturated rings. The first-order valence-corrected chi connectivity index (χ1v) is 10.0. The largest absolute Gasteiger partial charge is 0.481 e.